The van der Waals surface area contributed by atoms with E-state index in [-0.39, 0.29) is 12.8 Å². The summed E-state index contributed by atoms with van der Waals surface area (Å²) in [6.45, 7) is -0.135. The lowest BCUT2D eigenvalue weighted by atomic mass is 10.4. The van der Waals surface area contributed by atoms with Crippen molar-refractivity contribution in [3.8, 4) is 0 Å². The first kappa shape index (κ1) is 15.5. The van der Waals surface area contributed by atoms with Crippen molar-refractivity contribution in [3.05, 3.63) is 60.7 Å². The van der Waals surface area contributed by atoms with Gasteiger partial charge in [0, 0.05) is 10.6 Å². The van der Waals surface area contributed by atoms with E-state index < -0.39 is 13.1 Å². The topological polar surface area (TPSA) is 57.6 Å². The summed E-state index contributed by atoms with van der Waals surface area (Å²) in [6.07, 6.45) is 0.202. The molecule has 2 aromatic rings. The minimum absolute atomic E-state index is 0.135. The van der Waals surface area contributed by atoms with E-state index in [1.54, 1.807) is 11.9 Å². The number of nitrogens with zero attached hydrogens (tertiary/aromatic N) is 1. The van der Waals surface area contributed by atoms with Crippen molar-refractivity contribution in [1.29, 1.82) is 0 Å². The van der Waals surface area contributed by atoms with Gasteiger partial charge in [0.05, 0.1) is 12.8 Å². The van der Waals surface area contributed by atoms with Crippen LogP contribution in [0.5, 0.6) is 0 Å². The lowest BCUT2D eigenvalue weighted by molar-refractivity contribution is -0.137. The number of carboxylic acids is 1. The van der Waals surface area contributed by atoms with Crippen LogP contribution >= 0.6 is 7.14 Å². The zero-order chi connectivity index (χ0) is 15.3. The van der Waals surface area contributed by atoms with E-state index in [9.17, 15) is 9.36 Å². The van der Waals surface area contributed by atoms with Crippen LogP contribution in [0.2, 0.25) is 0 Å². The lowest BCUT2D eigenvalue weighted by Gasteiger charge is -2.24. The number of rotatable bonds is 6. The van der Waals surface area contributed by atoms with Crippen LogP contribution in [0.4, 0.5) is 0 Å². The molecule has 0 spiro atoms. The van der Waals surface area contributed by atoms with Gasteiger partial charge in [-0.15, -0.1) is 0 Å². The summed E-state index contributed by atoms with van der Waals surface area (Å²) in [5.74, 6) is -0.926. The Morgan fingerprint density at radius 3 is 1.81 bits per heavy atom. The average molecular weight is 303 g/mol. The summed E-state index contributed by atoms with van der Waals surface area (Å²) in [5, 5.41) is 10.4. The molecule has 21 heavy (non-hydrogen) atoms. The fraction of sp³-hybridized carbons (Fsp3) is 0.188. The first-order valence-corrected chi connectivity index (χ1v) is 8.52. The summed E-state index contributed by atoms with van der Waals surface area (Å²) < 4.78 is 13.6. The molecule has 0 aliphatic rings. The molecule has 0 bridgehead atoms. The van der Waals surface area contributed by atoms with Crippen molar-refractivity contribution >= 4 is 23.7 Å². The Morgan fingerprint density at radius 2 is 1.43 bits per heavy atom. The molecule has 0 amide bonds. The molecule has 4 nitrogen and oxygen atoms in total. The number of carbonyl (C=O) groups is 1. The van der Waals surface area contributed by atoms with Gasteiger partial charge in [0.15, 0.2) is 7.14 Å². The molecule has 0 saturated carbocycles. The summed E-state index contributed by atoms with van der Waals surface area (Å²) in [4.78, 5) is 12.4. The maximum absolute atomic E-state index is 13.6. The fourth-order valence-corrected chi connectivity index (χ4v) is 4.98. The van der Waals surface area contributed by atoms with Crippen molar-refractivity contribution in [2.45, 2.75) is 0 Å². The molecule has 0 unspecified atom stereocenters. The van der Waals surface area contributed by atoms with Crippen LogP contribution in [0.3, 0.4) is 0 Å². The predicted molar refractivity (Wildman–Crippen MR) is 84.9 cm³/mol. The van der Waals surface area contributed by atoms with E-state index in [0.717, 1.165) is 10.6 Å². The van der Waals surface area contributed by atoms with Crippen molar-refractivity contribution < 1.29 is 14.5 Å². The second-order valence-electron chi connectivity index (χ2n) is 4.96. The minimum atomic E-state index is -2.87. The Kier molecular flexibility index (Phi) is 4.94. The molecule has 0 fully saturated rings. The van der Waals surface area contributed by atoms with E-state index >= 15 is 0 Å². The van der Waals surface area contributed by atoms with E-state index in [4.69, 9.17) is 5.11 Å². The van der Waals surface area contributed by atoms with Crippen molar-refractivity contribution in [3.63, 3.8) is 0 Å². The number of carboxylic acid groups (broad SMARTS) is 1. The first-order chi connectivity index (χ1) is 10.0. The standard InChI is InChI=1S/C16H18NO3P/c1-17(12-16(18)19)13-21(20,14-8-4-2-5-9-14)15-10-6-3-7-11-15/h2-11H,12-13H2,1H3,(H,18,19). The molecule has 2 rings (SSSR count). The maximum atomic E-state index is 13.6. The molecule has 1 N–H and O–H groups in total. The quantitative estimate of drug-likeness (QED) is 0.829. The highest BCUT2D eigenvalue weighted by Crippen LogP contribution is 2.43. The van der Waals surface area contributed by atoms with Crippen LogP contribution in [0.25, 0.3) is 0 Å². The molecular formula is C16H18NO3P. The summed E-state index contributed by atoms with van der Waals surface area (Å²) in [7, 11) is -1.20. The van der Waals surface area contributed by atoms with Crippen molar-refractivity contribution in [1.82, 2.24) is 4.90 Å². The normalized spacial score (nSPS) is 11.5. The second kappa shape index (κ2) is 6.70. The van der Waals surface area contributed by atoms with Gasteiger partial charge in [-0.1, -0.05) is 60.7 Å². The third-order valence-electron chi connectivity index (χ3n) is 3.19. The number of hydrogen-bond acceptors (Lipinski definition) is 3. The van der Waals surface area contributed by atoms with Crippen LogP contribution < -0.4 is 10.6 Å². The second-order valence-corrected chi connectivity index (χ2v) is 7.76. The highest BCUT2D eigenvalue weighted by atomic mass is 31.2. The van der Waals surface area contributed by atoms with Gasteiger partial charge < -0.3 is 9.67 Å². The minimum Gasteiger partial charge on any atom is -0.480 e. The lowest BCUT2D eigenvalue weighted by Crippen LogP contribution is -2.31. The molecule has 0 atom stereocenters. The molecule has 5 heteroatoms. The van der Waals surface area contributed by atoms with Crippen molar-refractivity contribution in [2.24, 2.45) is 0 Å². The third-order valence-corrected chi connectivity index (χ3v) is 6.34. The van der Waals surface area contributed by atoms with Crippen LogP contribution in [-0.4, -0.2) is 35.9 Å². The van der Waals surface area contributed by atoms with Gasteiger partial charge in [0.1, 0.15) is 0 Å². The van der Waals surface area contributed by atoms with Crippen LogP contribution in [0, 0.1) is 0 Å². The molecule has 0 aliphatic heterocycles. The van der Waals surface area contributed by atoms with E-state index in [1.807, 2.05) is 60.7 Å². The molecule has 110 valence electrons. The Balaban J connectivity index is 2.41. The highest BCUT2D eigenvalue weighted by Gasteiger charge is 2.29. The van der Waals surface area contributed by atoms with Gasteiger partial charge in [-0.2, -0.15) is 0 Å². The smallest absolute Gasteiger partial charge is 0.317 e. The van der Waals surface area contributed by atoms with Gasteiger partial charge in [-0.05, 0) is 7.05 Å². The van der Waals surface area contributed by atoms with E-state index in [1.165, 1.54) is 0 Å². The van der Waals surface area contributed by atoms with Gasteiger partial charge in [-0.25, -0.2) is 0 Å². The van der Waals surface area contributed by atoms with Gasteiger partial charge in [0.2, 0.25) is 0 Å². The Labute approximate surface area is 124 Å². The molecule has 2 aromatic carbocycles. The summed E-state index contributed by atoms with van der Waals surface area (Å²) in [6, 6.07) is 18.5. The predicted octanol–water partition coefficient (Wildman–Crippen LogP) is 1.97. The van der Waals surface area contributed by atoms with Crippen LogP contribution in [-0.2, 0) is 9.36 Å². The number of aliphatic carboxylic acids is 1. The molecule has 0 saturated heterocycles. The third kappa shape index (κ3) is 3.81. The number of likely N-dealkylation sites (N-methyl/N-ethyl adjacent to an activating group) is 1. The van der Waals surface area contributed by atoms with Gasteiger partial charge >= 0.3 is 5.97 Å². The van der Waals surface area contributed by atoms with E-state index in [2.05, 4.69) is 0 Å². The molecule has 0 heterocycles. The first-order valence-electron chi connectivity index (χ1n) is 6.63. The molecule has 0 aromatic heterocycles. The number of benzene rings is 2. The Morgan fingerprint density at radius 1 is 1.00 bits per heavy atom. The van der Waals surface area contributed by atoms with Crippen LogP contribution in [0.1, 0.15) is 0 Å². The SMILES string of the molecule is CN(CC(=O)O)CP(=O)(c1ccccc1)c1ccccc1. The highest BCUT2D eigenvalue weighted by molar-refractivity contribution is 7.78. The zero-order valence-corrected chi connectivity index (χ0v) is 12.7. The molecule has 0 radical (unpaired) electrons. The van der Waals surface area contributed by atoms with E-state index in [0.29, 0.717) is 0 Å². The Hall–Kier alpha value is -1.90. The van der Waals surface area contributed by atoms with Gasteiger partial charge in [0.25, 0.3) is 0 Å². The molecule has 0 aliphatic carbocycles. The summed E-state index contributed by atoms with van der Waals surface area (Å²) in [5.41, 5.74) is 0. The largest absolute Gasteiger partial charge is 0.480 e. The van der Waals surface area contributed by atoms with Crippen LogP contribution in [0.15, 0.2) is 60.7 Å². The average Bonchev–Trinajstić information content (AvgIpc) is 2.48. The number of hydrogen-bond donors (Lipinski definition) is 1. The fourth-order valence-electron chi connectivity index (χ4n) is 2.27. The summed E-state index contributed by atoms with van der Waals surface area (Å²) >= 11 is 0. The maximum Gasteiger partial charge on any atom is 0.317 e. The zero-order valence-electron chi connectivity index (χ0n) is 11.8. The van der Waals surface area contributed by atoms with Crippen molar-refractivity contribution in [2.75, 3.05) is 19.9 Å². The monoisotopic (exact) mass is 303 g/mol. The molecular weight excluding hydrogens is 285 g/mol. The Bertz CT molecular complexity index is 600. The van der Waals surface area contributed by atoms with Gasteiger partial charge in [-0.3, -0.25) is 9.69 Å².